The molecule has 0 radical (unpaired) electrons. The number of benzene rings is 2. The number of piperidine rings is 4. The molecule has 4 fully saturated rings. The second kappa shape index (κ2) is 20.2. The molecule has 346 valence electrons. The predicted molar refractivity (Wildman–Crippen MR) is 252 cm³/mol. The number of pyridine rings is 1. The van der Waals surface area contributed by atoms with Crippen molar-refractivity contribution < 1.29 is 27.6 Å². The number of imide groups is 1. The van der Waals surface area contributed by atoms with Crippen molar-refractivity contribution in [3.05, 3.63) is 93.7 Å². The number of aromatic nitrogens is 1. The van der Waals surface area contributed by atoms with E-state index in [0.717, 1.165) is 80.8 Å². The van der Waals surface area contributed by atoms with Crippen LogP contribution in [0.5, 0.6) is 0 Å². The maximum atomic E-state index is 15.3. The van der Waals surface area contributed by atoms with Crippen LogP contribution in [0.4, 0.5) is 5.69 Å². The van der Waals surface area contributed by atoms with Gasteiger partial charge < -0.3 is 20.0 Å². The summed E-state index contributed by atoms with van der Waals surface area (Å²) in [6, 6.07) is 15.9. The highest BCUT2D eigenvalue weighted by Crippen LogP contribution is 2.53. The molecule has 15 heteroatoms. The van der Waals surface area contributed by atoms with E-state index in [1.807, 2.05) is 69.4 Å². The van der Waals surface area contributed by atoms with Gasteiger partial charge in [-0.05, 0) is 111 Å². The number of likely N-dealkylation sites (tertiary alicyclic amines) is 2. The smallest absolute Gasteiger partial charge is 0.234 e. The van der Waals surface area contributed by atoms with Crippen LogP contribution in [0.2, 0.25) is 10.0 Å². The van der Waals surface area contributed by atoms with Crippen molar-refractivity contribution in [1.29, 1.82) is 0 Å². The SMILES string of the molecule is CC(C)[C@@H](CS(=O)(=O)C(C)C)N1C(=O)[C@@](C)(CC(=O)NC2CCN(CC3CCN(c4cncc(C5CCC(=O)NC5=O)c4)CC3)CC2)C[C@H](c2cccc(Cl)c2)[C@H]1c1ccc(Cl)cc1. The number of amides is 4. The number of carbonyl (C=O) groups excluding carboxylic acids is 4. The summed E-state index contributed by atoms with van der Waals surface area (Å²) < 4.78 is 27.3. The van der Waals surface area contributed by atoms with E-state index in [0.29, 0.717) is 35.2 Å². The van der Waals surface area contributed by atoms with Crippen molar-refractivity contribution in [2.75, 3.05) is 43.4 Å². The maximum absolute atomic E-state index is 15.3. The Morgan fingerprint density at radius 2 is 1.58 bits per heavy atom. The molecule has 12 nitrogen and oxygen atoms in total. The van der Waals surface area contributed by atoms with Gasteiger partial charge in [0.1, 0.15) is 0 Å². The van der Waals surface area contributed by atoms with Gasteiger partial charge in [0.25, 0.3) is 0 Å². The molecule has 1 aromatic heterocycles. The van der Waals surface area contributed by atoms with Crippen LogP contribution >= 0.6 is 23.2 Å². The summed E-state index contributed by atoms with van der Waals surface area (Å²) in [6.45, 7) is 13.7. The Balaban J connectivity index is 1.000. The minimum absolute atomic E-state index is 0.0155. The molecular formula is C49H64Cl2N6O6S. The Labute approximate surface area is 389 Å². The molecule has 7 rings (SSSR count). The van der Waals surface area contributed by atoms with Crippen LogP contribution in [0.25, 0.3) is 0 Å². The van der Waals surface area contributed by atoms with Crippen molar-refractivity contribution in [3.63, 3.8) is 0 Å². The molecule has 2 aromatic carbocycles. The minimum atomic E-state index is -3.58. The van der Waals surface area contributed by atoms with E-state index in [9.17, 15) is 22.8 Å². The molecule has 4 aliphatic heterocycles. The zero-order valence-electron chi connectivity index (χ0n) is 37.8. The van der Waals surface area contributed by atoms with Gasteiger partial charge in [0, 0.05) is 79.8 Å². The fourth-order valence-electron chi connectivity index (χ4n) is 10.4. The van der Waals surface area contributed by atoms with E-state index in [1.165, 1.54) is 0 Å². The molecule has 64 heavy (non-hydrogen) atoms. The molecule has 1 unspecified atom stereocenters. The van der Waals surface area contributed by atoms with Crippen molar-refractivity contribution in [2.24, 2.45) is 17.3 Å². The van der Waals surface area contributed by atoms with Crippen LogP contribution in [0.1, 0.15) is 121 Å². The first-order valence-electron chi connectivity index (χ1n) is 23.0. The Kier molecular flexibility index (Phi) is 15.1. The fraction of sp³-hybridized carbons (Fsp3) is 0.571. The molecular weight excluding hydrogens is 872 g/mol. The molecule has 3 aromatic rings. The highest BCUT2D eigenvalue weighted by molar-refractivity contribution is 7.92. The van der Waals surface area contributed by atoms with E-state index < -0.39 is 32.6 Å². The van der Waals surface area contributed by atoms with E-state index in [1.54, 1.807) is 37.1 Å². The number of hydrogen-bond donors (Lipinski definition) is 2. The Hall–Kier alpha value is -4.04. The molecule has 5 heterocycles. The fourth-order valence-corrected chi connectivity index (χ4v) is 12.1. The third-order valence-corrected chi connectivity index (χ3v) is 17.0. The zero-order chi connectivity index (χ0) is 45.9. The third kappa shape index (κ3) is 11.1. The topological polar surface area (TPSA) is 149 Å². The third-order valence-electron chi connectivity index (χ3n) is 14.2. The number of rotatable bonds is 14. The normalized spacial score (nSPS) is 24.9. The first-order chi connectivity index (χ1) is 30.4. The summed E-state index contributed by atoms with van der Waals surface area (Å²) in [5.74, 6) is -1.39. The average molecular weight is 936 g/mol. The van der Waals surface area contributed by atoms with Crippen LogP contribution < -0.4 is 15.5 Å². The predicted octanol–water partition coefficient (Wildman–Crippen LogP) is 7.71. The Morgan fingerprint density at radius 3 is 2.22 bits per heavy atom. The average Bonchev–Trinajstić information content (AvgIpc) is 3.25. The summed E-state index contributed by atoms with van der Waals surface area (Å²) >= 11 is 13.0. The van der Waals surface area contributed by atoms with E-state index in [2.05, 4.69) is 25.4 Å². The van der Waals surface area contributed by atoms with Gasteiger partial charge in [0.2, 0.25) is 23.6 Å². The van der Waals surface area contributed by atoms with Gasteiger partial charge in [0.05, 0.1) is 40.3 Å². The van der Waals surface area contributed by atoms with Gasteiger partial charge in [-0.1, -0.05) is 68.2 Å². The first-order valence-corrected chi connectivity index (χ1v) is 25.5. The summed E-state index contributed by atoms with van der Waals surface area (Å²) in [6.07, 6.45) is 8.47. The summed E-state index contributed by atoms with van der Waals surface area (Å²) in [5, 5.41) is 6.25. The first kappa shape index (κ1) is 47.9. The van der Waals surface area contributed by atoms with Gasteiger partial charge in [-0.3, -0.25) is 29.5 Å². The molecule has 0 spiro atoms. The van der Waals surface area contributed by atoms with Crippen LogP contribution in [0, 0.1) is 17.3 Å². The lowest BCUT2D eigenvalue weighted by Crippen LogP contribution is -2.59. The zero-order valence-corrected chi connectivity index (χ0v) is 40.1. The molecule has 2 N–H and O–H groups in total. The largest absolute Gasteiger partial charge is 0.370 e. The Morgan fingerprint density at radius 1 is 0.875 bits per heavy atom. The van der Waals surface area contributed by atoms with Crippen LogP contribution in [0.3, 0.4) is 0 Å². The second-order valence-electron chi connectivity index (χ2n) is 19.6. The van der Waals surface area contributed by atoms with Crippen molar-refractivity contribution in [2.45, 2.75) is 121 Å². The molecule has 4 aliphatic rings. The molecule has 4 saturated heterocycles. The maximum Gasteiger partial charge on any atom is 0.234 e. The minimum Gasteiger partial charge on any atom is -0.370 e. The number of carbonyl (C=O) groups is 4. The Bertz CT molecular complexity index is 2280. The molecule has 0 aliphatic carbocycles. The van der Waals surface area contributed by atoms with Crippen molar-refractivity contribution in [3.8, 4) is 0 Å². The lowest BCUT2D eigenvalue weighted by atomic mass is 9.66. The van der Waals surface area contributed by atoms with Gasteiger partial charge in [-0.2, -0.15) is 0 Å². The molecule has 5 atom stereocenters. The van der Waals surface area contributed by atoms with Gasteiger partial charge in [-0.25, -0.2) is 8.42 Å². The number of sulfone groups is 1. The molecule has 0 saturated carbocycles. The van der Waals surface area contributed by atoms with Crippen molar-refractivity contribution in [1.82, 2.24) is 25.4 Å². The van der Waals surface area contributed by atoms with Crippen molar-refractivity contribution >= 4 is 62.4 Å². The van der Waals surface area contributed by atoms with E-state index >= 15 is 4.79 Å². The number of halogens is 2. The number of nitrogens with one attached hydrogen (secondary N) is 2. The van der Waals surface area contributed by atoms with Gasteiger partial charge in [0.15, 0.2) is 9.84 Å². The van der Waals surface area contributed by atoms with Crippen LogP contribution in [0.15, 0.2) is 67.0 Å². The number of hydrogen-bond acceptors (Lipinski definition) is 9. The summed E-state index contributed by atoms with van der Waals surface area (Å²) in [4.78, 5) is 64.7. The molecule has 4 amide bonds. The highest BCUT2D eigenvalue weighted by Gasteiger charge is 2.53. The van der Waals surface area contributed by atoms with Gasteiger partial charge in [-0.15, -0.1) is 0 Å². The highest BCUT2D eigenvalue weighted by atomic mass is 35.5. The van der Waals surface area contributed by atoms with Crippen LogP contribution in [-0.4, -0.2) is 103 Å². The van der Waals surface area contributed by atoms with Crippen LogP contribution in [-0.2, 0) is 29.0 Å². The van der Waals surface area contributed by atoms with E-state index in [-0.39, 0.29) is 59.6 Å². The monoisotopic (exact) mass is 934 g/mol. The summed E-state index contributed by atoms with van der Waals surface area (Å²) in [5.41, 5.74) is 2.48. The lowest BCUT2D eigenvalue weighted by molar-refractivity contribution is -0.158. The van der Waals surface area contributed by atoms with E-state index in [4.69, 9.17) is 23.2 Å². The second-order valence-corrected chi connectivity index (χ2v) is 23.0. The van der Waals surface area contributed by atoms with Gasteiger partial charge >= 0.3 is 0 Å². The summed E-state index contributed by atoms with van der Waals surface area (Å²) in [7, 11) is -3.58. The number of anilines is 1. The molecule has 0 bridgehead atoms. The quantitative estimate of drug-likeness (QED) is 0.155. The number of nitrogens with zero attached hydrogens (tertiary/aromatic N) is 4. The lowest BCUT2D eigenvalue weighted by Gasteiger charge is -2.53. The standard InChI is InChI=1S/C49H64Cl2N6O6S/c1-31(2)43(30-64(62,63)32(3)4)57-46(34-9-11-37(50)12-10-34)42(35-7-6-8-38(51)23-35)25-49(5,48(57)61)26-45(59)53-39-17-19-55(20-18-39)29-33-15-21-56(22-16-33)40-24-36(27-52-28-40)41-13-14-44(58)54-47(41)60/h6-12,23-24,27-28,31-33,39,41-43,46H,13-22,25-26,29-30H2,1-5H3,(H,53,59)(H,54,58,60)/t41?,42-,43-,46-,49-/m1/s1.